The molecule has 2 aliphatic rings. The third-order valence-electron chi connectivity index (χ3n) is 4.94. The molecule has 128 valence electrons. The average molecular weight is 328 g/mol. The molecule has 0 amide bonds. The lowest BCUT2D eigenvalue weighted by molar-refractivity contribution is -0.0253. The Balaban J connectivity index is 1.39. The quantitative estimate of drug-likeness (QED) is 0.860. The van der Waals surface area contributed by atoms with Gasteiger partial charge in [0, 0.05) is 37.9 Å². The summed E-state index contributed by atoms with van der Waals surface area (Å²) < 4.78 is 11.9. The molecule has 2 fully saturated rings. The third-order valence-corrected chi connectivity index (χ3v) is 4.94. The lowest BCUT2D eigenvalue weighted by Crippen LogP contribution is -2.46. The predicted octanol–water partition coefficient (Wildman–Crippen LogP) is 2.11. The Labute approximate surface area is 142 Å². The van der Waals surface area contributed by atoms with E-state index < -0.39 is 0 Å². The van der Waals surface area contributed by atoms with E-state index in [9.17, 15) is 0 Å². The zero-order valence-electron chi connectivity index (χ0n) is 14.1. The molecule has 2 aromatic heterocycles. The molecule has 2 atom stereocenters. The second kappa shape index (κ2) is 6.91. The van der Waals surface area contributed by atoms with Gasteiger partial charge in [-0.2, -0.15) is 0 Å². The van der Waals surface area contributed by atoms with Crippen molar-refractivity contribution < 1.29 is 9.15 Å². The summed E-state index contributed by atoms with van der Waals surface area (Å²) in [6.07, 6.45) is 5.02. The smallest absolute Gasteiger partial charge is 0.225 e. The fourth-order valence-electron chi connectivity index (χ4n) is 3.69. The van der Waals surface area contributed by atoms with Crippen LogP contribution in [0, 0.1) is 12.8 Å². The van der Waals surface area contributed by atoms with Crippen LogP contribution in [-0.4, -0.2) is 53.8 Å². The van der Waals surface area contributed by atoms with Gasteiger partial charge in [-0.1, -0.05) is 0 Å². The Kier molecular flexibility index (Phi) is 4.49. The van der Waals surface area contributed by atoms with Crippen LogP contribution in [0.1, 0.15) is 17.9 Å². The number of ether oxygens (including phenoxy) is 1. The number of nitrogens with zero attached hydrogens (tertiary/aromatic N) is 4. The molecule has 4 rings (SSSR count). The molecule has 24 heavy (non-hydrogen) atoms. The van der Waals surface area contributed by atoms with Gasteiger partial charge in [0.2, 0.25) is 5.95 Å². The summed E-state index contributed by atoms with van der Waals surface area (Å²) in [6.45, 7) is 7.46. The van der Waals surface area contributed by atoms with E-state index in [2.05, 4.69) is 25.8 Å². The van der Waals surface area contributed by atoms with Gasteiger partial charge in [-0.05, 0) is 38.1 Å². The van der Waals surface area contributed by atoms with Gasteiger partial charge in [0.15, 0.2) is 0 Å². The molecular formula is C18H24N4O2. The largest absolute Gasteiger partial charge is 0.465 e. The fraction of sp³-hybridized carbons (Fsp3) is 0.556. The van der Waals surface area contributed by atoms with E-state index in [4.69, 9.17) is 9.15 Å². The summed E-state index contributed by atoms with van der Waals surface area (Å²) in [7, 11) is 0. The first-order valence-electron chi connectivity index (χ1n) is 8.69. The minimum atomic E-state index is 0.281. The molecule has 0 spiro atoms. The van der Waals surface area contributed by atoms with Crippen molar-refractivity contribution in [3.8, 4) is 0 Å². The Hall–Kier alpha value is -1.92. The molecule has 2 aromatic rings. The van der Waals surface area contributed by atoms with Crippen molar-refractivity contribution in [1.82, 2.24) is 14.9 Å². The van der Waals surface area contributed by atoms with Crippen molar-refractivity contribution >= 4 is 5.95 Å². The highest BCUT2D eigenvalue weighted by molar-refractivity contribution is 5.29. The van der Waals surface area contributed by atoms with Crippen molar-refractivity contribution in [1.29, 1.82) is 0 Å². The molecule has 6 heteroatoms. The van der Waals surface area contributed by atoms with Gasteiger partial charge in [-0.15, -0.1) is 0 Å². The van der Waals surface area contributed by atoms with Gasteiger partial charge in [0.05, 0.1) is 19.3 Å². The van der Waals surface area contributed by atoms with E-state index in [0.29, 0.717) is 5.92 Å². The summed E-state index contributed by atoms with van der Waals surface area (Å²) in [5.74, 6) is 3.36. The van der Waals surface area contributed by atoms with E-state index in [0.717, 1.165) is 63.2 Å². The lowest BCUT2D eigenvalue weighted by Gasteiger charge is -2.37. The standard InChI is InChI=1S/C18H24N4O2/c1-14-3-4-16(24-14)12-21-8-5-15-11-22(9-10-23-17(15)13-21)18-19-6-2-7-20-18/h2-4,6-7,15,17H,5,8-13H2,1H3/t15-,17-/m1/s1. The summed E-state index contributed by atoms with van der Waals surface area (Å²) in [4.78, 5) is 13.5. The zero-order valence-corrected chi connectivity index (χ0v) is 14.1. The number of hydrogen-bond donors (Lipinski definition) is 0. The molecule has 0 radical (unpaired) electrons. The minimum absolute atomic E-state index is 0.281. The van der Waals surface area contributed by atoms with Gasteiger partial charge in [-0.25, -0.2) is 9.97 Å². The highest BCUT2D eigenvalue weighted by Gasteiger charge is 2.34. The lowest BCUT2D eigenvalue weighted by atomic mass is 9.93. The zero-order chi connectivity index (χ0) is 16.4. The summed E-state index contributed by atoms with van der Waals surface area (Å²) in [6, 6.07) is 5.96. The molecule has 4 heterocycles. The molecule has 0 unspecified atom stereocenters. The van der Waals surface area contributed by atoms with Gasteiger partial charge in [0.1, 0.15) is 11.5 Å². The van der Waals surface area contributed by atoms with Crippen molar-refractivity contribution in [3.05, 3.63) is 42.1 Å². The van der Waals surface area contributed by atoms with Crippen LogP contribution >= 0.6 is 0 Å². The fourth-order valence-corrected chi connectivity index (χ4v) is 3.69. The molecule has 6 nitrogen and oxygen atoms in total. The normalized spacial score (nSPS) is 25.3. The van der Waals surface area contributed by atoms with Crippen molar-refractivity contribution in [2.24, 2.45) is 5.92 Å². The SMILES string of the molecule is Cc1ccc(CN2CC[C@@H]3CN(c4ncccn4)CCO[C@@H]3C2)o1. The van der Waals surface area contributed by atoms with Crippen LogP contribution in [0.4, 0.5) is 5.95 Å². The summed E-state index contributed by atoms with van der Waals surface area (Å²) in [5, 5.41) is 0. The molecule has 0 saturated carbocycles. The molecule has 0 N–H and O–H groups in total. The summed E-state index contributed by atoms with van der Waals surface area (Å²) >= 11 is 0. The topological polar surface area (TPSA) is 54.6 Å². The number of piperidine rings is 1. The first kappa shape index (κ1) is 15.6. The number of anilines is 1. The van der Waals surface area contributed by atoms with Crippen molar-refractivity contribution in [2.75, 3.05) is 37.7 Å². The van der Waals surface area contributed by atoms with Crippen LogP contribution in [0.3, 0.4) is 0 Å². The van der Waals surface area contributed by atoms with Gasteiger partial charge in [-0.3, -0.25) is 4.90 Å². The monoisotopic (exact) mass is 328 g/mol. The third kappa shape index (κ3) is 3.44. The van der Waals surface area contributed by atoms with E-state index in [-0.39, 0.29) is 6.10 Å². The van der Waals surface area contributed by atoms with Crippen LogP contribution in [-0.2, 0) is 11.3 Å². The van der Waals surface area contributed by atoms with Gasteiger partial charge < -0.3 is 14.1 Å². The maximum absolute atomic E-state index is 6.16. The van der Waals surface area contributed by atoms with E-state index in [1.54, 1.807) is 12.4 Å². The average Bonchev–Trinajstić information content (AvgIpc) is 2.89. The minimum Gasteiger partial charge on any atom is -0.465 e. The van der Waals surface area contributed by atoms with E-state index >= 15 is 0 Å². The van der Waals surface area contributed by atoms with E-state index in [1.807, 2.05) is 19.1 Å². The molecular weight excluding hydrogens is 304 g/mol. The Bertz CT molecular complexity index is 660. The number of rotatable bonds is 3. The highest BCUT2D eigenvalue weighted by Crippen LogP contribution is 2.26. The molecule has 0 aliphatic carbocycles. The van der Waals surface area contributed by atoms with Crippen LogP contribution in [0.25, 0.3) is 0 Å². The first-order valence-corrected chi connectivity index (χ1v) is 8.69. The number of fused-ring (bicyclic) bond motifs is 1. The first-order chi connectivity index (χ1) is 11.8. The van der Waals surface area contributed by atoms with Gasteiger partial charge >= 0.3 is 0 Å². The van der Waals surface area contributed by atoms with E-state index in [1.165, 1.54) is 0 Å². The second-order valence-corrected chi connectivity index (χ2v) is 6.70. The highest BCUT2D eigenvalue weighted by atomic mass is 16.5. The number of aryl methyl sites for hydroxylation is 1. The Morgan fingerprint density at radius 3 is 2.83 bits per heavy atom. The maximum Gasteiger partial charge on any atom is 0.225 e. The molecule has 2 saturated heterocycles. The second-order valence-electron chi connectivity index (χ2n) is 6.70. The van der Waals surface area contributed by atoms with Gasteiger partial charge in [0.25, 0.3) is 0 Å². The number of likely N-dealkylation sites (tertiary alicyclic amines) is 1. The predicted molar refractivity (Wildman–Crippen MR) is 90.8 cm³/mol. The Morgan fingerprint density at radius 1 is 1.17 bits per heavy atom. The van der Waals surface area contributed by atoms with Crippen LogP contribution < -0.4 is 4.90 Å². The van der Waals surface area contributed by atoms with Crippen LogP contribution in [0.2, 0.25) is 0 Å². The molecule has 0 aromatic carbocycles. The van der Waals surface area contributed by atoms with Crippen molar-refractivity contribution in [2.45, 2.75) is 26.0 Å². The van der Waals surface area contributed by atoms with Crippen molar-refractivity contribution in [3.63, 3.8) is 0 Å². The summed E-state index contributed by atoms with van der Waals surface area (Å²) in [5.41, 5.74) is 0. The number of aromatic nitrogens is 2. The number of furan rings is 1. The maximum atomic E-state index is 6.16. The Morgan fingerprint density at radius 2 is 2.04 bits per heavy atom. The van der Waals surface area contributed by atoms with Crippen LogP contribution in [0.5, 0.6) is 0 Å². The molecule has 0 bridgehead atoms. The molecule has 2 aliphatic heterocycles. The number of hydrogen-bond acceptors (Lipinski definition) is 6. The van der Waals surface area contributed by atoms with Crippen LogP contribution in [0.15, 0.2) is 35.0 Å².